The summed E-state index contributed by atoms with van der Waals surface area (Å²) in [6.45, 7) is 1.60. The van der Waals surface area contributed by atoms with Crippen LogP contribution in [0.15, 0.2) is 29.2 Å². The molecule has 0 atom stereocenters. The standard InChI is InChI=1S/C25H29F2IN4O3S/c1-36(34,35)19-5-4-18(30-23(19)32-14-10-25(26,27)11-15-32)20-17(28)3-2-16(22(29)33)21(20)31-12-8-24(6-7-24)9-13-31/h2-5H,6-15H2,1H3,(H2,29,33). The molecule has 36 heavy (non-hydrogen) atoms. The van der Waals surface area contributed by atoms with E-state index < -0.39 is 21.7 Å². The first-order valence-electron chi connectivity index (χ1n) is 12.1. The number of nitrogens with zero attached hydrogens (tertiary/aromatic N) is 3. The van der Waals surface area contributed by atoms with Gasteiger partial charge in [0.1, 0.15) is 10.7 Å². The Morgan fingerprint density at radius 2 is 1.58 bits per heavy atom. The summed E-state index contributed by atoms with van der Waals surface area (Å²) < 4.78 is 53.7. The van der Waals surface area contributed by atoms with E-state index in [1.807, 2.05) is 0 Å². The smallest absolute Gasteiger partial charge is 0.251 e. The number of carbonyl (C=O) groups is 1. The van der Waals surface area contributed by atoms with Gasteiger partial charge in [-0.05, 0) is 78.0 Å². The van der Waals surface area contributed by atoms with Crippen LogP contribution in [0.5, 0.6) is 0 Å². The average molecular weight is 630 g/mol. The monoisotopic (exact) mass is 630 g/mol. The van der Waals surface area contributed by atoms with E-state index in [9.17, 15) is 22.0 Å². The molecule has 0 bridgehead atoms. The maximum absolute atomic E-state index is 13.8. The van der Waals surface area contributed by atoms with Gasteiger partial charge in [0.25, 0.3) is 11.8 Å². The Kier molecular flexibility index (Phi) is 6.46. The van der Waals surface area contributed by atoms with Crippen LogP contribution in [-0.4, -0.2) is 57.7 Å². The van der Waals surface area contributed by atoms with Crippen LogP contribution in [0.1, 0.15) is 48.9 Å². The van der Waals surface area contributed by atoms with Crippen LogP contribution in [0.4, 0.5) is 20.3 Å². The second-order valence-corrected chi connectivity index (χ2v) is 13.4. The maximum atomic E-state index is 13.8. The number of aromatic nitrogens is 1. The highest BCUT2D eigenvalue weighted by Crippen LogP contribution is 2.54. The van der Waals surface area contributed by atoms with E-state index in [4.69, 9.17) is 10.7 Å². The van der Waals surface area contributed by atoms with Gasteiger partial charge in [0.15, 0.2) is 9.84 Å². The summed E-state index contributed by atoms with van der Waals surface area (Å²) >= 11 is 2.19. The molecule has 1 spiro atoms. The zero-order valence-corrected chi connectivity index (χ0v) is 23.0. The highest BCUT2D eigenvalue weighted by molar-refractivity contribution is 14.1. The number of anilines is 2. The topological polar surface area (TPSA) is 96.6 Å². The minimum atomic E-state index is -3.66. The van der Waals surface area contributed by atoms with Gasteiger partial charge in [-0.15, -0.1) is 0 Å². The number of hydrogen-bond acceptors (Lipinski definition) is 6. The SMILES string of the molecule is CS(=O)(=O)c1ccc(-c2c(I)ccc(C(N)=O)c2N2CCC3(CC2)CC3)nc1N1CCC(F)(F)CC1. The molecule has 3 aliphatic rings. The molecule has 2 saturated heterocycles. The van der Waals surface area contributed by atoms with Crippen molar-refractivity contribution in [2.45, 2.75) is 49.3 Å². The number of nitrogens with two attached hydrogens (primary N) is 1. The van der Waals surface area contributed by atoms with E-state index in [1.165, 1.54) is 18.9 Å². The summed E-state index contributed by atoms with van der Waals surface area (Å²) in [7, 11) is -3.66. The molecule has 2 aliphatic heterocycles. The van der Waals surface area contributed by atoms with Crippen LogP contribution in [-0.2, 0) is 9.84 Å². The zero-order chi connectivity index (χ0) is 25.9. The van der Waals surface area contributed by atoms with Crippen molar-refractivity contribution in [2.24, 2.45) is 11.1 Å². The molecule has 2 N–H and O–H groups in total. The third-order valence-electron chi connectivity index (χ3n) is 7.78. The summed E-state index contributed by atoms with van der Waals surface area (Å²) in [6.07, 6.45) is 4.95. The van der Waals surface area contributed by atoms with Crippen LogP contribution >= 0.6 is 22.6 Å². The molecular formula is C25H29F2IN4O3S. The second kappa shape index (κ2) is 9.07. The highest BCUT2D eigenvalue weighted by atomic mass is 127. The second-order valence-electron chi connectivity index (χ2n) is 10.3. The van der Waals surface area contributed by atoms with Crippen molar-refractivity contribution in [1.82, 2.24) is 4.98 Å². The minimum absolute atomic E-state index is 0.00541. The van der Waals surface area contributed by atoms with Gasteiger partial charge in [-0.1, -0.05) is 0 Å². The van der Waals surface area contributed by atoms with Crippen LogP contribution in [0.25, 0.3) is 11.3 Å². The van der Waals surface area contributed by atoms with Gasteiger partial charge in [-0.25, -0.2) is 22.2 Å². The van der Waals surface area contributed by atoms with Gasteiger partial charge in [-0.3, -0.25) is 4.79 Å². The molecule has 5 rings (SSSR count). The van der Waals surface area contributed by atoms with E-state index in [2.05, 4.69) is 27.5 Å². The van der Waals surface area contributed by atoms with E-state index in [-0.39, 0.29) is 36.6 Å². The van der Waals surface area contributed by atoms with Gasteiger partial charge >= 0.3 is 0 Å². The van der Waals surface area contributed by atoms with Crippen molar-refractivity contribution in [3.8, 4) is 11.3 Å². The molecule has 1 saturated carbocycles. The largest absolute Gasteiger partial charge is 0.370 e. The van der Waals surface area contributed by atoms with Crippen molar-refractivity contribution < 1.29 is 22.0 Å². The molecule has 11 heteroatoms. The number of pyridine rings is 1. The van der Waals surface area contributed by atoms with Gasteiger partial charge in [-0.2, -0.15) is 0 Å². The Morgan fingerprint density at radius 1 is 0.972 bits per heavy atom. The quantitative estimate of drug-likeness (QED) is 0.490. The predicted octanol–water partition coefficient (Wildman–Crippen LogP) is 4.47. The normalized spacial score (nSPS) is 21.0. The maximum Gasteiger partial charge on any atom is 0.251 e. The fourth-order valence-electron chi connectivity index (χ4n) is 5.36. The van der Waals surface area contributed by atoms with E-state index in [0.29, 0.717) is 27.9 Å². The van der Waals surface area contributed by atoms with E-state index in [1.54, 1.807) is 23.1 Å². The summed E-state index contributed by atoms with van der Waals surface area (Å²) in [4.78, 5) is 21.1. The fourth-order valence-corrected chi connectivity index (χ4v) is 6.89. The number of carbonyl (C=O) groups excluding carboxylic acids is 1. The van der Waals surface area contributed by atoms with Crippen molar-refractivity contribution in [1.29, 1.82) is 0 Å². The zero-order valence-electron chi connectivity index (χ0n) is 20.1. The van der Waals surface area contributed by atoms with Crippen LogP contribution in [0.3, 0.4) is 0 Å². The van der Waals surface area contributed by atoms with Crippen molar-refractivity contribution in [3.63, 3.8) is 0 Å². The molecule has 0 unspecified atom stereocenters. The van der Waals surface area contributed by atoms with Gasteiger partial charge in [0.2, 0.25) is 0 Å². The lowest BCUT2D eigenvalue weighted by molar-refractivity contribution is -0.0222. The molecule has 1 aromatic heterocycles. The molecule has 1 aliphatic carbocycles. The predicted molar refractivity (Wildman–Crippen MR) is 144 cm³/mol. The summed E-state index contributed by atoms with van der Waals surface area (Å²) in [5, 5.41) is 0. The lowest BCUT2D eigenvalue weighted by atomic mass is 9.92. The Hall–Kier alpha value is -2.02. The molecule has 2 aromatic rings. The lowest BCUT2D eigenvalue weighted by Crippen LogP contribution is -2.40. The molecule has 3 heterocycles. The summed E-state index contributed by atoms with van der Waals surface area (Å²) in [5.74, 6) is -3.14. The number of halogens is 3. The molecule has 1 amide bonds. The van der Waals surface area contributed by atoms with Gasteiger partial charge in [0, 0.05) is 54.4 Å². The summed E-state index contributed by atoms with van der Waals surface area (Å²) in [5.41, 5.74) is 8.53. The first-order valence-corrected chi connectivity index (χ1v) is 15.1. The number of piperidine rings is 2. The first kappa shape index (κ1) is 25.6. The number of alkyl halides is 2. The van der Waals surface area contributed by atoms with E-state index >= 15 is 0 Å². The molecular weight excluding hydrogens is 601 g/mol. The summed E-state index contributed by atoms with van der Waals surface area (Å²) in [6, 6.07) is 6.66. The van der Waals surface area contributed by atoms with Crippen LogP contribution in [0.2, 0.25) is 0 Å². The number of rotatable bonds is 5. The third kappa shape index (κ3) is 4.92. The number of hydrogen-bond donors (Lipinski definition) is 1. The van der Waals surface area contributed by atoms with Crippen LogP contribution < -0.4 is 15.5 Å². The molecule has 7 nitrogen and oxygen atoms in total. The number of sulfone groups is 1. The third-order valence-corrected chi connectivity index (χ3v) is 9.80. The first-order chi connectivity index (χ1) is 16.9. The Balaban J connectivity index is 1.63. The van der Waals surface area contributed by atoms with Gasteiger partial charge < -0.3 is 15.5 Å². The lowest BCUT2D eigenvalue weighted by Gasteiger charge is -2.36. The van der Waals surface area contributed by atoms with Crippen LogP contribution in [0, 0.1) is 8.99 Å². The minimum Gasteiger partial charge on any atom is -0.370 e. The Bertz CT molecular complexity index is 1310. The average Bonchev–Trinajstić information content (AvgIpc) is 3.57. The van der Waals surface area contributed by atoms with E-state index in [0.717, 1.165) is 35.8 Å². The van der Waals surface area contributed by atoms with Crippen molar-refractivity contribution >= 4 is 49.8 Å². The Morgan fingerprint density at radius 3 is 2.14 bits per heavy atom. The number of amides is 1. The molecule has 3 fully saturated rings. The fraction of sp³-hybridized carbons (Fsp3) is 0.520. The molecule has 1 aromatic carbocycles. The molecule has 194 valence electrons. The molecule has 0 radical (unpaired) electrons. The van der Waals surface area contributed by atoms with Crippen molar-refractivity contribution in [3.05, 3.63) is 33.4 Å². The highest BCUT2D eigenvalue weighted by Gasteiger charge is 2.45. The Labute approximate surface area is 223 Å². The number of primary amides is 1. The van der Waals surface area contributed by atoms with Crippen molar-refractivity contribution in [2.75, 3.05) is 42.2 Å². The van der Waals surface area contributed by atoms with Gasteiger partial charge in [0.05, 0.1) is 16.9 Å². The number of benzene rings is 1.